The summed E-state index contributed by atoms with van der Waals surface area (Å²) in [4.78, 5) is 12.9. The smallest absolute Gasteiger partial charge is 0.169 e. The molecule has 0 fully saturated rings. The van der Waals surface area contributed by atoms with Gasteiger partial charge in [0.15, 0.2) is 5.82 Å². The molecule has 0 spiro atoms. The molecule has 1 aromatic carbocycles. The Kier molecular flexibility index (Phi) is 4.86. The van der Waals surface area contributed by atoms with Crippen molar-refractivity contribution in [3.63, 3.8) is 0 Å². The van der Waals surface area contributed by atoms with Crippen LogP contribution in [0.5, 0.6) is 11.5 Å². The van der Waals surface area contributed by atoms with E-state index in [1.165, 1.54) is 5.56 Å². The van der Waals surface area contributed by atoms with Gasteiger partial charge in [0.2, 0.25) is 0 Å². The van der Waals surface area contributed by atoms with Gasteiger partial charge in [0, 0.05) is 43.4 Å². The van der Waals surface area contributed by atoms with E-state index in [1.807, 2.05) is 30.5 Å². The summed E-state index contributed by atoms with van der Waals surface area (Å²) in [5.74, 6) is 2.57. The van der Waals surface area contributed by atoms with Gasteiger partial charge in [0.05, 0.1) is 24.8 Å². The first-order chi connectivity index (χ1) is 12.8. The second kappa shape index (κ2) is 7.43. The highest BCUT2D eigenvalue weighted by Crippen LogP contribution is 2.28. The van der Waals surface area contributed by atoms with E-state index in [-0.39, 0.29) is 0 Å². The maximum Gasteiger partial charge on any atom is 0.169 e. The van der Waals surface area contributed by atoms with Crippen LogP contribution < -0.4 is 9.47 Å². The average Bonchev–Trinajstić information content (AvgIpc) is 3.22. The summed E-state index contributed by atoms with van der Waals surface area (Å²) in [6.45, 7) is 2.63. The van der Waals surface area contributed by atoms with Gasteiger partial charge in [0.25, 0.3) is 0 Å². The van der Waals surface area contributed by atoms with Crippen LogP contribution in [0.1, 0.15) is 16.8 Å². The van der Waals surface area contributed by atoms with E-state index in [9.17, 15) is 0 Å². The zero-order chi connectivity index (χ0) is 17.9. The Labute approximate surface area is 157 Å². The van der Waals surface area contributed by atoms with Gasteiger partial charge >= 0.3 is 0 Å². The van der Waals surface area contributed by atoms with Gasteiger partial charge in [-0.15, -0.1) is 11.3 Å². The second-order valence-corrected chi connectivity index (χ2v) is 7.23. The minimum absolute atomic E-state index is 0.812. The standard InChI is InChI=1S/C20H21N3O2S/c1-24-16-5-6-18(25-2)14(10-16)12-23-8-7-17-15(13-23)11-21-20(22-17)19-4-3-9-26-19/h3-6,9-11H,7-8,12-13H2,1-2H3. The Hall–Kier alpha value is -2.44. The van der Waals surface area contributed by atoms with Gasteiger partial charge in [-0.1, -0.05) is 6.07 Å². The monoisotopic (exact) mass is 367 g/mol. The van der Waals surface area contributed by atoms with Gasteiger partial charge in [0.1, 0.15) is 11.5 Å². The molecule has 3 heterocycles. The molecular formula is C20H21N3O2S. The maximum atomic E-state index is 5.51. The fraction of sp³-hybridized carbons (Fsp3) is 0.300. The number of aromatic nitrogens is 2. The van der Waals surface area contributed by atoms with Crippen molar-refractivity contribution in [3.8, 4) is 22.2 Å². The first kappa shape index (κ1) is 17.0. The fourth-order valence-electron chi connectivity index (χ4n) is 3.28. The number of hydrogen-bond donors (Lipinski definition) is 0. The third-order valence-electron chi connectivity index (χ3n) is 4.64. The minimum atomic E-state index is 0.812. The summed E-state index contributed by atoms with van der Waals surface area (Å²) in [5.41, 5.74) is 3.50. The molecule has 0 amide bonds. The third-order valence-corrected chi connectivity index (χ3v) is 5.50. The van der Waals surface area contributed by atoms with Gasteiger partial charge in [-0.25, -0.2) is 9.97 Å². The summed E-state index contributed by atoms with van der Waals surface area (Å²) in [5, 5.41) is 2.06. The number of thiophene rings is 1. The Morgan fingerprint density at radius 2 is 2.12 bits per heavy atom. The van der Waals surface area contributed by atoms with Crippen molar-refractivity contribution >= 4 is 11.3 Å². The molecule has 4 rings (SSSR count). The van der Waals surface area contributed by atoms with Crippen LogP contribution in [0.15, 0.2) is 41.9 Å². The molecule has 5 nitrogen and oxygen atoms in total. The summed E-state index contributed by atoms with van der Waals surface area (Å²) < 4.78 is 10.9. The largest absolute Gasteiger partial charge is 0.497 e. The zero-order valence-electron chi connectivity index (χ0n) is 14.9. The van der Waals surface area contributed by atoms with Crippen LogP contribution >= 0.6 is 11.3 Å². The van der Waals surface area contributed by atoms with Gasteiger partial charge < -0.3 is 9.47 Å². The molecule has 0 aliphatic carbocycles. The molecule has 0 bridgehead atoms. The van der Waals surface area contributed by atoms with E-state index in [1.54, 1.807) is 25.6 Å². The Morgan fingerprint density at radius 1 is 1.19 bits per heavy atom. The number of hydrogen-bond acceptors (Lipinski definition) is 6. The van der Waals surface area contributed by atoms with Crippen LogP contribution in [0.25, 0.3) is 10.7 Å². The molecule has 6 heteroatoms. The van der Waals surface area contributed by atoms with Crippen molar-refractivity contribution < 1.29 is 9.47 Å². The second-order valence-electron chi connectivity index (χ2n) is 6.28. The van der Waals surface area contributed by atoms with Crippen molar-refractivity contribution in [2.45, 2.75) is 19.5 Å². The molecule has 0 saturated heterocycles. The molecule has 134 valence electrons. The van der Waals surface area contributed by atoms with Gasteiger partial charge in [-0.2, -0.15) is 0 Å². The molecule has 1 aliphatic rings. The number of nitrogens with zero attached hydrogens (tertiary/aromatic N) is 3. The molecule has 0 atom stereocenters. The lowest BCUT2D eigenvalue weighted by Crippen LogP contribution is -2.31. The van der Waals surface area contributed by atoms with E-state index in [0.29, 0.717) is 0 Å². The van der Waals surface area contributed by atoms with E-state index in [4.69, 9.17) is 14.5 Å². The van der Waals surface area contributed by atoms with Gasteiger partial charge in [-0.3, -0.25) is 4.90 Å². The van der Waals surface area contributed by atoms with E-state index in [2.05, 4.69) is 21.3 Å². The lowest BCUT2D eigenvalue weighted by molar-refractivity contribution is 0.239. The van der Waals surface area contributed by atoms with Crippen molar-refractivity contribution in [2.24, 2.45) is 0 Å². The third kappa shape index (κ3) is 3.43. The highest BCUT2D eigenvalue weighted by Gasteiger charge is 2.20. The zero-order valence-corrected chi connectivity index (χ0v) is 15.8. The van der Waals surface area contributed by atoms with Crippen LogP contribution in [0, 0.1) is 0 Å². The molecule has 0 N–H and O–H groups in total. The first-order valence-electron chi connectivity index (χ1n) is 8.58. The summed E-state index contributed by atoms with van der Waals surface area (Å²) in [6, 6.07) is 10.0. The number of ether oxygens (including phenoxy) is 2. The molecule has 2 aromatic heterocycles. The topological polar surface area (TPSA) is 47.5 Å². The fourth-order valence-corrected chi connectivity index (χ4v) is 3.95. The lowest BCUT2D eigenvalue weighted by Gasteiger charge is -2.28. The van der Waals surface area contributed by atoms with Crippen LogP contribution in [-0.2, 0) is 19.5 Å². The van der Waals surface area contributed by atoms with Crippen LogP contribution in [0.2, 0.25) is 0 Å². The van der Waals surface area contributed by atoms with Crippen molar-refractivity contribution in [1.82, 2.24) is 14.9 Å². The normalized spacial score (nSPS) is 14.1. The van der Waals surface area contributed by atoms with E-state index >= 15 is 0 Å². The van der Waals surface area contributed by atoms with Crippen LogP contribution in [-0.4, -0.2) is 35.6 Å². The Balaban J connectivity index is 1.52. The van der Waals surface area contributed by atoms with Gasteiger partial charge in [-0.05, 0) is 29.6 Å². The SMILES string of the molecule is COc1ccc(OC)c(CN2CCc3nc(-c4cccs4)ncc3C2)c1. The molecule has 0 radical (unpaired) electrons. The predicted molar refractivity (Wildman–Crippen MR) is 103 cm³/mol. The maximum absolute atomic E-state index is 5.51. The van der Waals surface area contributed by atoms with Crippen molar-refractivity contribution in [3.05, 3.63) is 58.7 Å². The average molecular weight is 367 g/mol. The highest BCUT2D eigenvalue weighted by molar-refractivity contribution is 7.13. The molecule has 0 saturated carbocycles. The minimum Gasteiger partial charge on any atom is -0.497 e. The Bertz CT molecular complexity index is 896. The van der Waals surface area contributed by atoms with E-state index < -0.39 is 0 Å². The van der Waals surface area contributed by atoms with Crippen molar-refractivity contribution in [2.75, 3.05) is 20.8 Å². The number of methoxy groups -OCH3 is 2. The predicted octanol–water partition coefficient (Wildman–Crippen LogP) is 3.78. The highest BCUT2D eigenvalue weighted by atomic mass is 32.1. The molecule has 26 heavy (non-hydrogen) atoms. The summed E-state index contributed by atoms with van der Waals surface area (Å²) in [7, 11) is 3.39. The van der Waals surface area contributed by atoms with E-state index in [0.717, 1.165) is 59.5 Å². The quantitative estimate of drug-likeness (QED) is 0.687. The lowest BCUT2D eigenvalue weighted by atomic mass is 10.1. The summed E-state index contributed by atoms with van der Waals surface area (Å²) in [6.07, 6.45) is 2.91. The molecule has 3 aromatic rings. The number of fused-ring (bicyclic) bond motifs is 1. The number of benzene rings is 1. The molecule has 0 unspecified atom stereocenters. The van der Waals surface area contributed by atoms with Crippen LogP contribution in [0.4, 0.5) is 0 Å². The number of rotatable bonds is 5. The first-order valence-corrected chi connectivity index (χ1v) is 9.46. The molecular weight excluding hydrogens is 346 g/mol. The molecule has 1 aliphatic heterocycles. The van der Waals surface area contributed by atoms with Crippen molar-refractivity contribution in [1.29, 1.82) is 0 Å². The summed E-state index contributed by atoms with van der Waals surface area (Å²) >= 11 is 1.68. The Morgan fingerprint density at radius 3 is 2.88 bits per heavy atom. The van der Waals surface area contributed by atoms with Crippen LogP contribution in [0.3, 0.4) is 0 Å².